The van der Waals surface area contributed by atoms with Crippen molar-refractivity contribution in [2.24, 2.45) is 11.8 Å². The van der Waals surface area contributed by atoms with Crippen molar-refractivity contribution < 1.29 is 14.7 Å². The van der Waals surface area contributed by atoms with E-state index in [-0.39, 0.29) is 5.91 Å². The van der Waals surface area contributed by atoms with Crippen LogP contribution in [0.2, 0.25) is 0 Å². The zero-order valence-electron chi connectivity index (χ0n) is 10.0. The van der Waals surface area contributed by atoms with Crippen molar-refractivity contribution in [3.8, 4) is 0 Å². The Kier molecular flexibility index (Phi) is 3.45. The van der Waals surface area contributed by atoms with Crippen LogP contribution in [0, 0.1) is 18.8 Å². The molecule has 0 radical (unpaired) electrons. The number of aliphatic carboxylic acids is 1. The first-order valence-corrected chi connectivity index (χ1v) is 5.78. The topological polar surface area (TPSA) is 95.1 Å². The summed E-state index contributed by atoms with van der Waals surface area (Å²) in [6.45, 7) is 1.81. The Bertz CT molecular complexity index is 493. The van der Waals surface area contributed by atoms with Crippen LogP contribution in [0.25, 0.3) is 0 Å². The van der Waals surface area contributed by atoms with Gasteiger partial charge in [-0.25, -0.2) is 0 Å². The Labute approximate surface area is 104 Å². The number of carboxylic acids is 1. The number of hydrogen-bond acceptors (Lipinski definition) is 3. The molecule has 1 aliphatic rings. The van der Waals surface area contributed by atoms with Gasteiger partial charge in [-0.15, -0.1) is 0 Å². The number of aryl methyl sites for hydroxylation is 1. The molecule has 2 atom stereocenters. The van der Waals surface area contributed by atoms with Crippen LogP contribution in [-0.4, -0.2) is 27.2 Å². The Hall–Kier alpha value is -2.11. The van der Waals surface area contributed by atoms with Crippen molar-refractivity contribution in [1.29, 1.82) is 0 Å². The summed E-state index contributed by atoms with van der Waals surface area (Å²) in [4.78, 5) is 23.2. The average molecular weight is 249 g/mol. The largest absolute Gasteiger partial charge is 0.481 e. The second-order valence-corrected chi connectivity index (χ2v) is 4.41. The van der Waals surface area contributed by atoms with Crippen molar-refractivity contribution in [3.63, 3.8) is 0 Å². The Morgan fingerprint density at radius 3 is 2.61 bits per heavy atom. The molecule has 18 heavy (non-hydrogen) atoms. The van der Waals surface area contributed by atoms with Gasteiger partial charge < -0.3 is 10.4 Å². The highest BCUT2D eigenvalue weighted by molar-refractivity contribution is 5.95. The number of carboxylic acid groups (broad SMARTS) is 1. The highest BCUT2D eigenvalue weighted by Crippen LogP contribution is 2.27. The van der Waals surface area contributed by atoms with Crippen LogP contribution in [0.15, 0.2) is 18.3 Å². The lowest BCUT2D eigenvalue weighted by molar-refractivity contribution is -0.146. The molecule has 0 spiro atoms. The summed E-state index contributed by atoms with van der Waals surface area (Å²) in [5.41, 5.74) is 0.821. The van der Waals surface area contributed by atoms with Crippen LogP contribution in [0.3, 0.4) is 0 Å². The first-order valence-electron chi connectivity index (χ1n) is 5.78. The standard InChI is InChI=1S/C12H15N3O3/c1-7-6-13-15-10(7)14-11(16)8-4-2-3-5-9(8)12(17)18/h2-3,6,8-9H,4-5H2,1H3,(H,17,18)(H2,13,14,15,16)/t8-,9+/m1/s1. The quantitative estimate of drug-likeness (QED) is 0.704. The van der Waals surface area contributed by atoms with Crippen molar-refractivity contribution >= 4 is 17.7 Å². The fourth-order valence-corrected chi connectivity index (χ4v) is 2.07. The maximum atomic E-state index is 12.1. The van der Waals surface area contributed by atoms with Gasteiger partial charge >= 0.3 is 5.97 Å². The predicted octanol–water partition coefficient (Wildman–Crippen LogP) is 1.32. The molecule has 6 nitrogen and oxygen atoms in total. The first kappa shape index (κ1) is 12.3. The number of hydrogen-bond donors (Lipinski definition) is 3. The number of allylic oxidation sites excluding steroid dienone is 2. The highest BCUT2D eigenvalue weighted by atomic mass is 16.4. The molecule has 0 fully saturated rings. The lowest BCUT2D eigenvalue weighted by Gasteiger charge is -2.23. The number of carbonyl (C=O) groups excluding carboxylic acids is 1. The van der Waals surface area contributed by atoms with Gasteiger partial charge in [-0.05, 0) is 19.8 Å². The van der Waals surface area contributed by atoms with E-state index >= 15 is 0 Å². The summed E-state index contributed by atoms with van der Waals surface area (Å²) in [7, 11) is 0. The minimum absolute atomic E-state index is 0.279. The molecule has 96 valence electrons. The minimum Gasteiger partial charge on any atom is -0.481 e. The van der Waals surface area contributed by atoms with Crippen LogP contribution in [0.4, 0.5) is 5.82 Å². The monoisotopic (exact) mass is 249 g/mol. The zero-order chi connectivity index (χ0) is 13.1. The molecule has 0 saturated heterocycles. The van der Waals surface area contributed by atoms with Crippen LogP contribution in [0.1, 0.15) is 18.4 Å². The van der Waals surface area contributed by atoms with Gasteiger partial charge in [0.05, 0.1) is 18.0 Å². The van der Waals surface area contributed by atoms with Gasteiger partial charge in [-0.2, -0.15) is 5.10 Å². The van der Waals surface area contributed by atoms with E-state index in [2.05, 4.69) is 15.5 Å². The third-order valence-electron chi connectivity index (χ3n) is 3.16. The molecule has 0 aliphatic heterocycles. The van der Waals surface area contributed by atoms with Gasteiger partial charge in [0.25, 0.3) is 0 Å². The fourth-order valence-electron chi connectivity index (χ4n) is 2.07. The SMILES string of the molecule is Cc1cn[nH]c1NC(=O)[C@@H]1CC=CC[C@@H]1C(=O)O. The third kappa shape index (κ3) is 2.42. The number of nitrogens with one attached hydrogen (secondary N) is 2. The number of anilines is 1. The zero-order valence-corrected chi connectivity index (χ0v) is 10.0. The summed E-state index contributed by atoms with van der Waals surface area (Å²) in [5.74, 6) is -1.87. The van der Waals surface area contributed by atoms with Crippen LogP contribution < -0.4 is 5.32 Å². The Morgan fingerprint density at radius 2 is 2.06 bits per heavy atom. The van der Waals surface area contributed by atoms with E-state index in [0.717, 1.165) is 5.56 Å². The van der Waals surface area contributed by atoms with Gasteiger partial charge in [-0.3, -0.25) is 14.7 Å². The smallest absolute Gasteiger partial charge is 0.307 e. The number of rotatable bonds is 3. The third-order valence-corrected chi connectivity index (χ3v) is 3.16. The Morgan fingerprint density at radius 1 is 1.39 bits per heavy atom. The van der Waals surface area contributed by atoms with E-state index in [4.69, 9.17) is 5.11 Å². The molecule has 2 rings (SSSR count). The van der Waals surface area contributed by atoms with E-state index < -0.39 is 17.8 Å². The van der Waals surface area contributed by atoms with Gasteiger partial charge in [0.2, 0.25) is 5.91 Å². The van der Waals surface area contributed by atoms with E-state index in [9.17, 15) is 9.59 Å². The lowest BCUT2D eigenvalue weighted by atomic mass is 9.82. The van der Waals surface area contributed by atoms with Crippen molar-refractivity contribution in [3.05, 3.63) is 23.9 Å². The van der Waals surface area contributed by atoms with Crippen molar-refractivity contribution in [1.82, 2.24) is 10.2 Å². The number of H-pyrrole nitrogens is 1. The summed E-state index contributed by atoms with van der Waals surface area (Å²) < 4.78 is 0. The molecule has 1 aromatic rings. The molecular formula is C12H15N3O3. The second kappa shape index (κ2) is 5.03. The molecule has 0 aromatic carbocycles. The molecule has 1 aliphatic carbocycles. The van der Waals surface area contributed by atoms with Gasteiger partial charge in [0.15, 0.2) is 0 Å². The maximum absolute atomic E-state index is 12.1. The number of carbonyl (C=O) groups is 2. The molecule has 3 N–H and O–H groups in total. The van der Waals surface area contributed by atoms with Crippen molar-refractivity contribution in [2.75, 3.05) is 5.32 Å². The average Bonchev–Trinajstić information content (AvgIpc) is 2.75. The first-order chi connectivity index (χ1) is 8.59. The molecular weight excluding hydrogens is 234 g/mol. The summed E-state index contributed by atoms with van der Waals surface area (Å²) >= 11 is 0. The van der Waals surface area contributed by atoms with Gasteiger partial charge in [0, 0.05) is 5.56 Å². The van der Waals surface area contributed by atoms with Crippen LogP contribution in [-0.2, 0) is 9.59 Å². The van der Waals surface area contributed by atoms with Crippen LogP contribution >= 0.6 is 0 Å². The van der Waals surface area contributed by atoms with Gasteiger partial charge in [0.1, 0.15) is 5.82 Å². The number of aromatic amines is 1. The molecule has 1 amide bonds. The summed E-state index contributed by atoms with van der Waals surface area (Å²) in [6, 6.07) is 0. The maximum Gasteiger partial charge on any atom is 0.307 e. The molecule has 0 unspecified atom stereocenters. The molecule has 0 bridgehead atoms. The van der Waals surface area contributed by atoms with Crippen LogP contribution in [0.5, 0.6) is 0 Å². The van der Waals surface area contributed by atoms with Crippen molar-refractivity contribution in [2.45, 2.75) is 19.8 Å². The van der Waals surface area contributed by atoms with E-state index in [1.165, 1.54) is 0 Å². The molecule has 1 heterocycles. The molecule has 6 heteroatoms. The Balaban J connectivity index is 2.10. The molecule has 0 saturated carbocycles. The summed E-state index contributed by atoms with van der Waals surface area (Å²) in [6.07, 6.45) is 6.12. The lowest BCUT2D eigenvalue weighted by Crippen LogP contribution is -2.34. The van der Waals surface area contributed by atoms with E-state index in [1.54, 1.807) is 6.20 Å². The number of amides is 1. The van der Waals surface area contributed by atoms with Gasteiger partial charge in [-0.1, -0.05) is 12.2 Å². The number of aromatic nitrogens is 2. The fraction of sp³-hybridized carbons (Fsp3) is 0.417. The van der Waals surface area contributed by atoms with E-state index in [1.807, 2.05) is 19.1 Å². The molecule has 1 aromatic heterocycles. The second-order valence-electron chi connectivity index (χ2n) is 4.41. The normalized spacial score (nSPS) is 22.7. The predicted molar refractivity (Wildman–Crippen MR) is 64.9 cm³/mol. The number of nitrogens with zero attached hydrogens (tertiary/aromatic N) is 1. The van der Waals surface area contributed by atoms with E-state index in [0.29, 0.717) is 18.7 Å². The minimum atomic E-state index is -0.930. The summed E-state index contributed by atoms with van der Waals surface area (Å²) in [5, 5.41) is 18.3. The highest BCUT2D eigenvalue weighted by Gasteiger charge is 2.34.